The average Bonchev–Trinajstić information content (AvgIpc) is 3.23. The first-order valence-electron chi connectivity index (χ1n) is 7.77. The van der Waals surface area contributed by atoms with Crippen molar-refractivity contribution in [1.29, 1.82) is 0 Å². The number of halogens is 3. The molecule has 3 aromatic rings. The zero-order valence-corrected chi connectivity index (χ0v) is 13.9. The first-order valence-corrected chi connectivity index (χ1v) is 8.65. The summed E-state index contributed by atoms with van der Waals surface area (Å²) in [7, 11) is 0. The van der Waals surface area contributed by atoms with Gasteiger partial charge in [-0.15, -0.1) is 11.3 Å². The van der Waals surface area contributed by atoms with Crippen LogP contribution in [0.4, 0.5) is 13.2 Å². The van der Waals surface area contributed by atoms with E-state index in [4.69, 9.17) is 4.52 Å². The predicted molar refractivity (Wildman–Crippen MR) is 86.9 cm³/mol. The molecule has 4 rings (SSSR count). The molecule has 4 nitrogen and oxygen atoms in total. The number of nitrogens with zero attached hydrogens (tertiary/aromatic N) is 3. The minimum atomic E-state index is -4.39. The summed E-state index contributed by atoms with van der Waals surface area (Å²) in [4.78, 5) is 7.86. The summed E-state index contributed by atoms with van der Waals surface area (Å²) < 4.78 is 43.7. The monoisotopic (exact) mass is 365 g/mol. The van der Waals surface area contributed by atoms with Crippen LogP contribution < -0.4 is 0 Å². The fourth-order valence-corrected chi connectivity index (χ4v) is 3.79. The van der Waals surface area contributed by atoms with Crippen molar-refractivity contribution < 1.29 is 17.7 Å². The normalized spacial score (nSPS) is 15.3. The maximum Gasteiger partial charge on any atom is 0.416 e. The Morgan fingerprint density at radius 2 is 2.12 bits per heavy atom. The number of aromatic nitrogens is 2. The number of fused-ring (bicyclic) bond motifs is 1. The standard InChI is InChI=1S/C17H14F3N3OS/c18-17(19,20)13-3-1-2-11(8-13)16-21-15(24-22-16)10-23-6-4-14-12(9-23)5-7-25-14/h1-3,5,7-8H,4,6,9-10H2. The predicted octanol–water partition coefficient (Wildman–Crippen LogP) is 4.38. The Kier molecular flexibility index (Phi) is 4.09. The smallest absolute Gasteiger partial charge is 0.338 e. The summed E-state index contributed by atoms with van der Waals surface area (Å²) in [6.45, 7) is 2.20. The van der Waals surface area contributed by atoms with Crippen molar-refractivity contribution in [2.45, 2.75) is 25.7 Å². The molecule has 1 aliphatic rings. The molecule has 0 saturated carbocycles. The van der Waals surface area contributed by atoms with Crippen LogP contribution in [0.15, 0.2) is 40.2 Å². The Labute approximate surface area is 145 Å². The Morgan fingerprint density at radius 1 is 1.24 bits per heavy atom. The molecular weight excluding hydrogens is 351 g/mol. The third-order valence-electron chi connectivity index (χ3n) is 4.16. The van der Waals surface area contributed by atoms with Crippen molar-refractivity contribution in [3.8, 4) is 11.4 Å². The van der Waals surface area contributed by atoms with E-state index in [1.165, 1.54) is 16.5 Å². The molecule has 2 aromatic heterocycles. The molecule has 0 amide bonds. The van der Waals surface area contributed by atoms with Crippen molar-refractivity contribution in [1.82, 2.24) is 15.0 Å². The van der Waals surface area contributed by atoms with Crippen molar-refractivity contribution in [2.75, 3.05) is 6.54 Å². The zero-order valence-electron chi connectivity index (χ0n) is 13.1. The van der Waals surface area contributed by atoms with Gasteiger partial charge in [-0.2, -0.15) is 18.2 Å². The van der Waals surface area contributed by atoms with Crippen molar-refractivity contribution in [3.05, 3.63) is 57.6 Å². The number of hydrogen-bond donors (Lipinski definition) is 0. The topological polar surface area (TPSA) is 42.2 Å². The highest BCUT2D eigenvalue weighted by Crippen LogP contribution is 2.31. The summed E-state index contributed by atoms with van der Waals surface area (Å²) in [5.41, 5.74) is 0.884. The van der Waals surface area contributed by atoms with E-state index < -0.39 is 11.7 Å². The molecule has 1 aromatic carbocycles. The fourth-order valence-electron chi connectivity index (χ4n) is 2.90. The van der Waals surface area contributed by atoms with Gasteiger partial charge in [-0.3, -0.25) is 4.90 Å². The van der Waals surface area contributed by atoms with E-state index in [0.29, 0.717) is 18.0 Å². The number of alkyl halides is 3. The molecule has 0 atom stereocenters. The second-order valence-electron chi connectivity index (χ2n) is 5.92. The van der Waals surface area contributed by atoms with Crippen LogP contribution in [0, 0.1) is 0 Å². The molecular formula is C17H14F3N3OS. The van der Waals surface area contributed by atoms with Gasteiger partial charge in [0, 0.05) is 23.5 Å². The van der Waals surface area contributed by atoms with E-state index >= 15 is 0 Å². The van der Waals surface area contributed by atoms with Crippen LogP contribution in [-0.4, -0.2) is 21.6 Å². The van der Waals surface area contributed by atoms with Crippen LogP contribution in [0.2, 0.25) is 0 Å². The molecule has 1 aliphatic heterocycles. The maximum absolute atomic E-state index is 12.8. The van der Waals surface area contributed by atoms with Gasteiger partial charge in [0.2, 0.25) is 11.7 Å². The highest BCUT2D eigenvalue weighted by Gasteiger charge is 2.30. The van der Waals surface area contributed by atoms with Crippen LogP contribution >= 0.6 is 11.3 Å². The van der Waals surface area contributed by atoms with Gasteiger partial charge in [-0.1, -0.05) is 17.3 Å². The minimum absolute atomic E-state index is 0.175. The van der Waals surface area contributed by atoms with Crippen molar-refractivity contribution >= 4 is 11.3 Å². The molecule has 0 aliphatic carbocycles. The fraction of sp³-hybridized carbons (Fsp3) is 0.294. The summed E-state index contributed by atoms with van der Waals surface area (Å²) >= 11 is 1.77. The largest absolute Gasteiger partial charge is 0.416 e. The van der Waals surface area contributed by atoms with Crippen LogP contribution in [0.5, 0.6) is 0 Å². The van der Waals surface area contributed by atoms with Gasteiger partial charge in [-0.25, -0.2) is 0 Å². The van der Waals surface area contributed by atoms with Crippen molar-refractivity contribution in [2.24, 2.45) is 0 Å². The van der Waals surface area contributed by atoms with Gasteiger partial charge < -0.3 is 4.52 Å². The first kappa shape index (κ1) is 16.3. The van der Waals surface area contributed by atoms with Gasteiger partial charge in [0.25, 0.3) is 0 Å². The summed E-state index contributed by atoms with van der Waals surface area (Å²) in [5, 5.41) is 5.92. The van der Waals surface area contributed by atoms with E-state index in [1.807, 2.05) is 0 Å². The quantitative estimate of drug-likeness (QED) is 0.691. The number of thiophene rings is 1. The van der Waals surface area contributed by atoms with Crippen LogP contribution in [-0.2, 0) is 25.7 Å². The van der Waals surface area contributed by atoms with E-state index in [0.717, 1.165) is 31.6 Å². The molecule has 0 saturated heterocycles. The maximum atomic E-state index is 12.8. The highest BCUT2D eigenvalue weighted by molar-refractivity contribution is 7.10. The van der Waals surface area contributed by atoms with Crippen molar-refractivity contribution in [3.63, 3.8) is 0 Å². The second kappa shape index (κ2) is 6.27. The lowest BCUT2D eigenvalue weighted by Crippen LogP contribution is -2.29. The number of benzene rings is 1. The van der Waals surface area contributed by atoms with E-state index in [2.05, 4.69) is 26.5 Å². The van der Waals surface area contributed by atoms with E-state index in [1.54, 1.807) is 17.4 Å². The first-order chi connectivity index (χ1) is 12.0. The van der Waals surface area contributed by atoms with Gasteiger partial charge in [0.05, 0.1) is 12.1 Å². The number of hydrogen-bond acceptors (Lipinski definition) is 5. The van der Waals surface area contributed by atoms with Gasteiger partial charge in [0.1, 0.15) is 0 Å². The second-order valence-corrected chi connectivity index (χ2v) is 6.92. The molecule has 0 radical (unpaired) electrons. The van der Waals surface area contributed by atoms with E-state index in [-0.39, 0.29) is 5.82 Å². The third-order valence-corrected chi connectivity index (χ3v) is 5.18. The lowest BCUT2D eigenvalue weighted by Gasteiger charge is -2.24. The lowest BCUT2D eigenvalue weighted by atomic mass is 10.1. The van der Waals surface area contributed by atoms with Crippen LogP contribution in [0.1, 0.15) is 21.9 Å². The molecule has 0 N–H and O–H groups in total. The van der Waals surface area contributed by atoms with Crippen LogP contribution in [0.25, 0.3) is 11.4 Å². The minimum Gasteiger partial charge on any atom is -0.338 e. The Bertz CT molecular complexity index is 887. The average molecular weight is 365 g/mol. The Balaban J connectivity index is 1.50. The molecule has 0 spiro atoms. The molecule has 25 heavy (non-hydrogen) atoms. The summed E-state index contributed by atoms with van der Waals surface area (Å²) in [6, 6.07) is 7.07. The highest BCUT2D eigenvalue weighted by atomic mass is 32.1. The summed E-state index contributed by atoms with van der Waals surface area (Å²) in [6.07, 6.45) is -3.41. The molecule has 130 valence electrons. The molecule has 0 fully saturated rings. The van der Waals surface area contributed by atoms with Gasteiger partial charge >= 0.3 is 6.18 Å². The van der Waals surface area contributed by atoms with Gasteiger partial charge in [0.15, 0.2) is 0 Å². The Morgan fingerprint density at radius 3 is 2.96 bits per heavy atom. The molecule has 0 unspecified atom stereocenters. The molecule has 8 heteroatoms. The third kappa shape index (κ3) is 3.45. The summed E-state index contributed by atoms with van der Waals surface area (Å²) in [5.74, 6) is 0.584. The van der Waals surface area contributed by atoms with Gasteiger partial charge in [-0.05, 0) is 35.6 Å². The van der Waals surface area contributed by atoms with E-state index in [9.17, 15) is 13.2 Å². The SMILES string of the molecule is FC(F)(F)c1cccc(-c2noc(CN3CCc4sccc4C3)n2)c1. The Hall–Kier alpha value is -2.19. The molecule has 3 heterocycles. The lowest BCUT2D eigenvalue weighted by molar-refractivity contribution is -0.137. The van der Waals surface area contributed by atoms with Crippen LogP contribution in [0.3, 0.4) is 0 Å². The zero-order chi connectivity index (χ0) is 17.4. The number of rotatable bonds is 3. The molecule has 0 bridgehead atoms.